The molecule has 1 aromatic heterocycles. The minimum atomic E-state index is -0.557. The molecule has 104 valence electrons. The largest absolute Gasteiger partial charge is 0.485 e. The van der Waals surface area contributed by atoms with E-state index < -0.39 is 4.92 Å². The number of non-ortho nitro benzene ring substituents is 1. The summed E-state index contributed by atoms with van der Waals surface area (Å²) in [6.07, 6.45) is 1.39. The molecule has 2 rings (SSSR count). The molecule has 0 aliphatic heterocycles. The first kappa shape index (κ1) is 13.7. The number of carbonyl (C=O) groups is 1. The summed E-state index contributed by atoms with van der Waals surface area (Å²) in [4.78, 5) is 25.7. The Morgan fingerprint density at radius 1 is 1.50 bits per heavy atom. The van der Waals surface area contributed by atoms with Gasteiger partial charge in [0.15, 0.2) is 11.6 Å². The van der Waals surface area contributed by atoms with E-state index >= 15 is 0 Å². The molecule has 20 heavy (non-hydrogen) atoms. The smallest absolute Gasteiger partial charge is 0.270 e. The van der Waals surface area contributed by atoms with Gasteiger partial charge in [-0.3, -0.25) is 19.6 Å². The van der Waals surface area contributed by atoms with Gasteiger partial charge in [0.05, 0.1) is 10.5 Å². The Balaban J connectivity index is 2.25. The van der Waals surface area contributed by atoms with Crippen LogP contribution in [0.5, 0.6) is 5.75 Å². The van der Waals surface area contributed by atoms with Crippen LogP contribution < -0.4 is 4.74 Å². The van der Waals surface area contributed by atoms with Crippen molar-refractivity contribution >= 4 is 11.5 Å². The standard InChI is InChI=1S/C12H12N4O4/c1-8(17)10-5-9(16(18)19)3-4-11(10)20-6-12-13-7-14-15(12)2/h3-5,7H,6H2,1-2H3. The highest BCUT2D eigenvalue weighted by Crippen LogP contribution is 2.25. The number of nitro benzene ring substituents is 1. The molecular weight excluding hydrogens is 264 g/mol. The highest BCUT2D eigenvalue weighted by atomic mass is 16.6. The Labute approximate surface area is 114 Å². The molecule has 0 bridgehead atoms. The molecule has 0 saturated carbocycles. The minimum Gasteiger partial charge on any atom is -0.485 e. The Morgan fingerprint density at radius 3 is 2.80 bits per heavy atom. The van der Waals surface area contributed by atoms with Crippen LogP contribution in [0, 0.1) is 10.1 Å². The fourth-order valence-electron chi connectivity index (χ4n) is 1.63. The number of rotatable bonds is 5. The molecule has 0 radical (unpaired) electrons. The molecule has 0 amide bonds. The first-order valence-electron chi connectivity index (χ1n) is 5.74. The van der Waals surface area contributed by atoms with E-state index in [0.717, 1.165) is 0 Å². The van der Waals surface area contributed by atoms with Gasteiger partial charge in [-0.05, 0) is 13.0 Å². The predicted octanol–water partition coefficient (Wildman–Crippen LogP) is 1.50. The molecule has 0 fully saturated rings. The lowest BCUT2D eigenvalue weighted by molar-refractivity contribution is -0.384. The molecule has 2 aromatic rings. The zero-order chi connectivity index (χ0) is 14.7. The summed E-state index contributed by atoms with van der Waals surface area (Å²) < 4.78 is 7.03. The van der Waals surface area contributed by atoms with Crippen LogP contribution in [-0.2, 0) is 13.7 Å². The van der Waals surface area contributed by atoms with Crippen LogP contribution >= 0.6 is 0 Å². The number of aryl methyl sites for hydroxylation is 1. The summed E-state index contributed by atoms with van der Waals surface area (Å²) in [5, 5.41) is 14.6. The molecule has 0 atom stereocenters. The van der Waals surface area contributed by atoms with E-state index in [1.165, 1.54) is 31.5 Å². The number of aromatic nitrogens is 3. The van der Waals surface area contributed by atoms with Crippen LogP contribution in [-0.4, -0.2) is 25.5 Å². The minimum absolute atomic E-state index is 0.120. The average molecular weight is 276 g/mol. The Hall–Kier alpha value is -2.77. The summed E-state index contributed by atoms with van der Waals surface area (Å²) >= 11 is 0. The van der Waals surface area contributed by atoms with Crippen molar-refractivity contribution in [3.8, 4) is 5.75 Å². The first-order chi connectivity index (χ1) is 9.49. The van der Waals surface area contributed by atoms with E-state index in [4.69, 9.17) is 4.74 Å². The van der Waals surface area contributed by atoms with Crippen molar-refractivity contribution < 1.29 is 14.5 Å². The summed E-state index contributed by atoms with van der Waals surface area (Å²) in [6, 6.07) is 3.90. The predicted molar refractivity (Wildman–Crippen MR) is 68.4 cm³/mol. The van der Waals surface area contributed by atoms with Gasteiger partial charge in [0.1, 0.15) is 18.7 Å². The van der Waals surface area contributed by atoms with Crippen LogP contribution in [0.2, 0.25) is 0 Å². The van der Waals surface area contributed by atoms with Crippen molar-refractivity contribution in [2.45, 2.75) is 13.5 Å². The quantitative estimate of drug-likeness (QED) is 0.466. The second-order valence-corrected chi connectivity index (χ2v) is 4.08. The van der Waals surface area contributed by atoms with Crippen molar-refractivity contribution in [3.63, 3.8) is 0 Å². The van der Waals surface area contributed by atoms with Gasteiger partial charge in [-0.25, -0.2) is 4.98 Å². The van der Waals surface area contributed by atoms with Crippen molar-refractivity contribution in [1.29, 1.82) is 0 Å². The van der Waals surface area contributed by atoms with Crippen molar-refractivity contribution in [3.05, 3.63) is 46.0 Å². The van der Waals surface area contributed by atoms with Gasteiger partial charge < -0.3 is 4.74 Å². The zero-order valence-electron chi connectivity index (χ0n) is 10.9. The van der Waals surface area contributed by atoms with Gasteiger partial charge in [0.2, 0.25) is 0 Å². The second kappa shape index (κ2) is 5.47. The number of ketones is 1. The van der Waals surface area contributed by atoms with Crippen LogP contribution in [0.25, 0.3) is 0 Å². The Bertz CT molecular complexity index is 665. The SMILES string of the molecule is CC(=O)c1cc([N+](=O)[O-])ccc1OCc1ncnn1C. The summed E-state index contributed by atoms with van der Waals surface area (Å²) in [6.45, 7) is 1.45. The van der Waals surface area contributed by atoms with Crippen LogP contribution in [0.3, 0.4) is 0 Å². The lowest BCUT2D eigenvalue weighted by atomic mass is 10.1. The molecule has 0 aliphatic rings. The van der Waals surface area contributed by atoms with Crippen molar-refractivity contribution in [2.24, 2.45) is 7.05 Å². The fourth-order valence-corrected chi connectivity index (χ4v) is 1.63. The number of ether oxygens (including phenoxy) is 1. The number of hydrogen-bond donors (Lipinski definition) is 0. The molecule has 8 heteroatoms. The van der Waals surface area contributed by atoms with Crippen LogP contribution in [0.15, 0.2) is 24.5 Å². The number of nitro groups is 1. The molecule has 0 aliphatic carbocycles. The van der Waals surface area contributed by atoms with Crippen molar-refractivity contribution in [1.82, 2.24) is 14.8 Å². The monoisotopic (exact) mass is 276 g/mol. The van der Waals surface area contributed by atoms with Gasteiger partial charge in [0.25, 0.3) is 5.69 Å². The average Bonchev–Trinajstić information content (AvgIpc) is 2.81. The third-order valence-electron chi connectivity index (χ3n) is 2.72. The van der Waals surface area contributed by atoms with Gasteiger partial charge >= 0.3 is 0 Å². The van der Waals surface area contributed by atoms with Crippen LogP contribution in [0.1, 0.15) is 23.1 Å². The van der Waals surface area contributed by atoms with E-state index in [2.05, 4.69) is 10.1 Å². The summed E-state index contributed by atoms with van der Waals surface area (Å²) in [5.41, 5.74) is 0.0163. The number of Topliss-reactive ketones (excluding diaryl/α,β-unsaturated/α-hetero) is 1. The van der Waals surface area contributed by atoms with Gasteiger partial charge in [0, 0.05) is 19.2 Å². The maximum atomic E-state index is 11.5. The Morgan fingerprint density at radius 2 is 2.25 bits per heavy atom. The van der Waals surface area contributed by atoms with E-state index in [1.807, 2.05) is 0 Å². The van der Waals surface area contributed by atoms with E-state index in [0.29, 0.717) is 5.82 Å². The molecule has 1 aromatic carbocycles. The molecule has 0 saturated heterocycles. The maximum absolute atomic E-state index is 11.5. The molecule has 0 unspecified atom stereocenters. The Kier molecular flexibility index (Phi) is 3.74. The normalized spacial score (nSPS) is 10.3. The van der Waals surface area contributed by atoms with E-state index in [1.54, 1.807) is 11.7 Å². The molecule has 1 heterocycles. The molecule has 0 N–H and O–H groups in total. The van der Waals surface area contributed by atoms with Crippen molar-refractivity contribution in [2.75, 3.05) is 0 Å². The number of hydrogen-bond acceptors (Lipinski definition) is 6. The highest BCUT2D eigenvalue weighted by molar-refractivity contribution is 5.97. The van der Waals surface area contributed by atoms with E-state index in [-0.39, 0.29) is 29.4 Å². The second-order valence-electron chi connectivity index (χ2n) is 4.08. The summed E-state index contributed by atoms with van der Waals surface area (Å²) in [7, 11) is 1.72. The molecule has 0 spiro atoms. The van der Waals surface area contributed by atoms with Gasteiger partial charge in [-0.15, -0.1) is 0 Å². The summed E-state index contributed by atoms with van der Waals surface area (Å²) in [5.74, 6) is 0.561. The highest BCUT2D eigenvalue weighted by Gasteiger charge is 2.15. The number of carbonyl (C=O) groups excluding carboxylic acids is 1. The third-order valence-corrected chi connectivity index (χ3v) is 2.72. The lowest BCUT2D eigenvalue weighted by Crippen LogP contribution is -2.07. The fraction of sp³-hybridized carbons (Fsp3) is 0.250. The first-order valence-corrected chi connectivity index (χ1v) is 5.74. The van der Waals surface area contributed by atoms with Crippen LogP contribution in [0.4, 0.5) is 5.69 Å². The third kappa shape index (κ3) is 2.79. The maximum Gasteiger partial charge on any atom is 0.270 e. The zero-order valence-corrected chi connectivity index (χ0v) is 10.9. The number of benzene rings is 1. The molecular formula is C12H12N4O4. The number of nitrogens with zero attached hydrogens (tertiary/aromatic N) is 4. The topological polar surface area (TPSA) is 100 Å². The lowest BCUT2D eigenvalue weighted by Gasteiger charge is -2.09. The van der Waals surface area contributed by atoms with Gasteiger partial charge in [-0.2, -0.15) is 5.10 Å². The van der Waals surface area contributed by atoms with E-state index in [9.17, 15) is 14.9 Å². The van der Waals surface area contributed by atoms with Gasteiger partial charge in [-0.1, -0.05) is 0 Å². The molecule has 8 nitrogen and oxygen atoms in total.